The van der Waals surface area contributed by atoms with E-state index in [2.05, 4.69) is 25.2 Å². The lowest BCUT2D eigenvalue weighted by molar-refractivity contribution is 0.171. The van der Waals surface area contributed by atoms with Crippen molar-refractivity contribution in [3.8, 4) is 11.8 Å². The van der Waals surface area contributed by atoms with E-state index in [0.717, 1.165) is 47.7 Å². The summed E-state index contributed by atoms with van der Waals surface area (Å²) < 4.78 is 5.73. The molecule has 1 aliphatic rings. The molecule has 3 rings (SSSR count). The van der Waals surface area contributed by atoms with Crippen molar-refractivity contribution in [2.24, 2.45) is 5.92 Å². The third-order valence-electron chi connectivity index (χ3n) is 5.22. The first-order valence-electron chi connectivity index (χ1n) is 10.3. The second-order valence-corrected chi connectivity index (χ2v) is 8.96. The first-order chi connectivity index (χ1) is 13.6. The van der Waals surface area contributed by atoms with Gasteiger partial charge in [-0.1, -0.05) is 26.0 Å². The zero-order chi connectivity index (χ0) is 19.9. The van der Waals surface area contributed by atoms with Crippen LogP contribution >= 0.6 is 11.3 Å². The van der Waals surface area contributed by atoms with Crippen LogP contribution in [0.3, 0.4) is 0 Å². The number of aryl methyl sites for hydroxylation is 1. The third-order valence-corrected chi connectivity index (χ3v) is 6.46. The van der Waals surface area contributed by atoms with E-state index in [4.69, 9.17) is 4.74 Å². The number of nitrogens with one attached hydrogen (secondary N) is 1. The summed E-state index contributed by atoms with van der Waals surface area (Å²) >= 11 is 1.71. The third kappa shape index (κ3) is 5.27. The van der Waals surface area contributed by atoms with Gasteiger partial charge in [-0.3, -0.25) is 0 Å². The summed E-state index contributed by atoms with van der Waals surface area (Å²) in [6.45, 7) is 5.72. The van der Waals surface area contributed by atoms with Gasteiger partial charge in [0, 0.05) is 11.4 Å². The molecular formula is C23H30N2O2S. The molecule has 4 nitrogen and oxygen atoms in total. The maximum atomic E-state index is 10.5. The molecule has 1 unspecified atom stereocenters. The maximum Gasteiger partial charge on any atom is 0.119 e. The molecule has 1 aliphatic carbocycles. The van der Waals surface area contributed by atoms with Crippen LogP contribution in [0.2, 0.25) is 0 Å². The van der Waals surface area contributed by atoms with Gasteiger partial charge in [-0.15, -0.1) is 11.3 Å². The highest BCUT2D eigenvalue weighted by molar-refractivity contribution is 7.16. The van der Waals surface area contributed by atoms with Gasteiger partial charge in [-0.05, 0) is 67.7 Å². The molecule has 0 saturated heterocycles. The lowest BCUT2D eigenvalue weighted by Gasteiger charge is -2.13. The van der Waals surface area contributed by atoms with E-state index in [-0.39, 0.29) is 0 Å². The summed E-state index contributed by atoms with van der Waals surface area (Å²) in [6.07, 6.45) is 5.60. The standard InChI is InChI=1S/C23H30N2O2S/c1-16(2)12-14-27-18-9-7-17(8-10-18)21(26)11-13-25-23-20(15-24)19-5-3-4-6-22(19)28-23/h7-10,16,21,25-26H,3-6,11-14H2,1-2H3. The molecule has 0 amide bonds. The smallest absolute Gasteiger partial charge is 0.119 e. The number of thiophene rings is 1. The number of anilines is 1. The van der Waals surface area contributed by atoms with Crippen molar-refractivity contribution in [2.75, 3.05) is 18.5 Å². The number of aliphatic hydroxyl groups excluding tert-OH is 1. The second kappa shape index (κ2) is 9.95. The Hall–Kier alpha value is -2.03. The second-order valence-electron chi connectivity index (χ2n) is 7.86. The molecular weight excluding hydrogens is 368 g/mol. The normalized spacial score (nSPS) is 14.4. The predicted octanol–water partition coefficient (Wildman–Crippen LogP) is 5.46. The van der Waals surface area contributed by atoms with Gasteiger partial charge >= 0.3 is 0 Å². The Labute approximate surface area is 172 Å². The topological polar surface area (TPSA) is 65.3 Å². The number of ether oxygens (including phenoxy) is 1. The molecule has 0 aliphatic heterocycles. The van der Waals surface area contributed by atoms with Gasteiger partial charge in [0.25, 0.3) is 0 Å². The van der Waals surface area contributed by atoms with E-state index in [1.54, 1.807) is 11.3 Å². The Morgan fingerprint density at radius 2 is 1.93 bits per heavy atom. The van der Waals surface area contributed by atoms with E-state index in [0.29, 0.717) is 18.9 Å². The molecule has 0 bridgehead atoms. The minimum absolute atomic E-state index is 0.530. The summed E-state index contributed by atoms with van der Waals surface area (Å²) in [5.41, 5.74) is 2.95. The molecule has 0 spiro atoms. The summed E-state index contributed by atoms with van der Waals surface area (Å²) in [4.78, 5) is 1.36. The number of hydrogen-bond acceptors (Lipinski definition) is 5. The van der Waals surface area contributed by atoms with Crippen LogP contribution < -0.4 is 10.1 Å². The summed E-state index contributed by atoms with van der Waals surface area (Å²) in [5, 5.41) is 24.4. The first-order valence-corrected chi connectivity index (χ1v) is 11.1. The molecule has 2 aromatic rings. The summed E-state index contributed by atoms with van der Waals surface area (Å²) in [5.74, 6) is 1.47. The van der Waals surface area contributed by atoms with Crippen molar-refractivity contribution in [3.05, 3.63) is 45.8 Å². The van der Waals surface area contributed by atoms with E-state index in [9.17, 15) is 10.4 Å². The zero-order valence-corrected chi connectivity index (χ0v) is 17.6. The number of aliphatic hydroxyl groups is 1. The Bertz CT molecular complexity index is 805. The highest BCUT2D eigenvalue weighted by atomic mass is 32.1. The van der Waals surface area contributed by atoms with Gasteiger partial charge in [-0.25, -0.2) is 0 Å². The molecule has 1 aromatic heterocycles. The van der Waals surface area contributed by atoms with Crippen LogP contribution in [0, 0.1) is 17.2 Å². The average molecular weight is 399 g/mol. The van der Waals surface area contributed by atoms with Crippen molar-refractivity contribution < 1.29 is 9.84 Å². The molecule has 0 radical (unpaired) electrons. The fourth-order valence-corrected chi connectivity index (χ4v) is 4.76. The monoisotopic (exact) mass is 398 g/mol. The number of hydrogen-bond donors (Lipinski definition) is 2. The van der Waals surface area contributed by atoms with Gasteiger partial charge in [0.1, 0.15) is 16.8 Å². The van der Waals surface area contributed by atoms with Crippen LogP contribution in [0.1, 0.15) is 67.2 Å². The predicted molar refractivity (Wildman–Crippen MR) is 115 cm³/mol. The lowest BCUT2D eigenvalue weighted by Crippen LogP contribution is -2.08. The maximum absolute atomic E-state index is 10.5. The van der Waals surface area contributed by atoms with Crippen molar-refractivity contribution >= 4 is 16.3 Å². The van der Waals surface area contributed by atoms with Gasteiger partial charge in [0.15, 0.2) is 0 Å². The van der Waals surface area contributed by atoms with E-state index < -0.39 is 6.10 Å². The zero-order valence-electron chi connectivity index (χ0n) is 16.8. The fourth-order valence-electron chi connectivity index (χ4n) is 3.50. The number of rotatable bonds is 9. The van der Waals surface area contributed by atoms with E-state index >= 15 is 0 Å². The Morgan fingerprint density at radius 3 is 2.64 bits per heavy atom. The van der Waals surface area contributed by atoms with E-state index in [1.807, 2.05) is 24.3 Å². The van der Waals surface area contributed by atoms with E-state index in [1.165, 1.54) is 23.3 Å². The summed E-state index contributed by atoms with van der Waals surface area (Å²) in [6, 6.07) is 10.1. The van der Waals surface area contributed by atoms with Crippen LogP contribution in [0.25, 0.3) is 0 Å². The highest BCUT2D eigenvalue weighted by Crippen LogP contribution is 2.37. The molecule has 2 N–H and O–H groups in total. The molecule has 150 valence electrons. The van der Waals surface area contributed by atoms with Crippen LogP contribution in [0.4, 0.5) is 5.00 Å². The van der Waals surface area contributed by atoms with Crippen LogP contribution in [0.5, 0.6) is 5.75 Å². The van der Waals surface area contributed by atoms with Crippen molar-refractivity contribution in [3.63, 3.8) is 0 Å². The first kappa shape index (κ1) is 20.7. The molecule has 1 aromatic carbocycles. The lowest BCUT2D eigenvalue weighted by atomic mass is 9.96. The van der Waals surface area contributed by atoms with Gasteiger partial charge < -0.3 is 15.2 Å². The van der Waals surface area contributed by atoms with Crippen molar-refractivity contribution in [2.45, 2.75) is 58.5 Å². The average Bonchev–Trinajstić information content (AvgIpc) is 3.05. The number of benzene rings is 1. The molecule has 0 saturated carbocycles. The van der Waals surface area contributed by atoms with Gasteiger partial charge in [0.2, 0.25) is 0 Å². The Kier molecular flexibility index (Phi) is 7.36. The summed E-state index contributed by atoms with van der Waals surface area (Å²) in [7, 11) is 0. The largest absolute Gasteiger partial charge is 0.494 e. The minimum atomic E-state index is -0.530. The molecule has 5 heteroatoms. The highest BCUT2D eigenvalue weighted by Gasteiger charge is 2.20. The minimum Gasteiger partial charge on any atom is -0.494 e. The Balaban J connectivity index is 1.50. The van der Waals surface area contributed by atoms with Crippen molar-refractivity contribution in [1.29, 1.82) is 5.26 Å². The SMILES string of the molecule is CC(C)CCOc1ccc(C(O)CCNc2sc3c(c2C#N)CCCC3)cc1. The van der Waals surface area contributed by atoms with Gasteiger partial charge in [0.05, 0.1) is 18.3 Å². The molecule has 1 heterocycles. The van der Waals surface area contributed by atoms with Crippen LogP contribution in [-0.4, -0.2) is 18.3 Å². The quantitative estimate of drug-likeness (QED) is 0.589. The fraction of sp³-hybridized carbons (Fsp3) is 0.522. The van der Waals surface area contributed by atoms with Gasteiger partial charge in [-0.2, -0.15) is 5.26 Å². The number of fused-ring (bicyclic) bond motifs is 1. The van der Waals surface area contributed by atoms with Crippen molar-refractivity contribution in [1.82, 2.24) is 0 Å². The molecule has 0 fully saturated rings. The van der Waals surface area contributed by atoms with Crippen LogP contribution in [-0.2, 0) is 12.8 Å². The number of nitriles is 1. The molecule has 28 heavy (non-hydrogen) atoms. The molecule has 1 atom stereocenters. The number of nitrogens with zero attached hydrogens (tertiary/aromatic N) is 1. The Morgan fingerprint density at radius 1 is 1.18 bits per heavy atom. The van der Waals surface area contributed by atoms with Crippen LogP contribution in [0.15, 0.2) is 24.3 Å².